The van der Waals surface area contributed by atoms with Crippen LogP contribution < -0.4 is 10.1 Å². The summed E-state index contributed by atoms with van der Waals surface area (Å²) in [4.78, 5) is 19.3. The van der Waals surface area contributed by atoms with Crippen LogP contribution in [0.15, 0.2) is 42.6 Å². The zero-order valence-corrected chi connectivity index (χ0v) is 22.4. The van der Waals surface area contributed by atoms with E-state index >= 15 is 0 Å². The number of amides is 1. The van der Waals surface area contributed by atoms with Crippen molar-refractivity contribution in [2.75, 3.05) is 19.7 Å². The summed E-state index contributed by atoms with van der Waals surface area (Å²) in [5.74, 6) is 0.368. The third-order valence-electron chi connectivity index (χ3n) is 6.67. The van der Waals surface area contributed by atoms with E-state index in [1.807, 2.05) is 56.5 Å². The first-order chi connectivity index (χ1) is 18.1. The van der Waals surface area contributed by atoms with Crippen LogP contribution in [0.2, 0.25) is 0 Å². The van der Waals surface area contributed by atoms with Crippen molar-refractivity contribution in [2.45, 2.75) is 58.7 Å². The number of likely N-dealkylation sites (tertiary alicyclic amines) is 1. The third kappa shape index (κ3) is 5.40. The Labute approximate surface area is 221 Å². The summed E-state index contributed by atoms with van der Waals surface area (Å²) in [6, 6.07) is 10.8. The molecule has 2 atom stereocenters. The molecule has 1 saturated heterocycles. The number of pyridine rings is 2. The maximum Gasteiger partial charge on any atom is 0.407 e. The molecule has 3 aromatic heterocycles. The van der Waals surface area contributed by atoms with Gasteiger partial charge in [0.2, 0.25) is 0 Å². The molecule has 38 heavy (non-hydrogen) atoms. The minimum absolute atomic E-state index is 0.0368. The molecule has 1 aliphatic rings. The van der Waals surface area contributed by atoms with Crippen LogP contribution >= 0.6 is 0 Å². The van der Waals surface area contributed by atoms with Gasteiger partial charge in [0.1, 0.15) is 11.3 Å². The lowest BCUT2D eigenvalue weighted by Gasteiger charge is -2.25. The molecule has 0 aliphatic carbocycles. The number of hydrogen-bond donors (Lipinski definition) is 1. The van der Waals surface area contributed by atoms with E-state index in [0.29, 0.717) is 34.7 Å². The molecule has 1 N–H and O–H groups in total. The Morgan fingerprint density at radius 1 is 1.21 bits per heavy atom. The van der Waals surface area contributed by atoms with Crippen LogP contribution in [0.25, 0.3) is 28.1 Å². The number of ether oxygens (including phenoxy) is 2. The van der Waals surface area contributed by atoms with Crippen molar-refractivity contribution in [1.82, 2.24) is 29.8 Å². The molecule has 1 aliphatic heterocycles. The van der Waals surface area contributed by atoms with Gasteiger partial charge in [0.25, 0.3) is 0 Å². The summed E-state index contributed by atoms with van der Waals surface area (Å²) in [5, 5.41) is 12.4. The highest BCUT2D eigenvalue weighted by Gasteiger charge is 2.29. The van der Waals surface area contributed by atoms with Gasteiger partial charge < -0.3 is 14.8 Å². The quantitative estimate of drug-likeness (QED) is 0.376. The second-order valence-electron chi connectivity index (χ2n) is 10.6. The second kappa shape index (κ2) is 10.2. The maximum absolute atomic E-state index is 14.3. The Hall–Kier alpha value is -3.79. The fourth-order valence-electron chi connectivity index (χ4n) is 4.79. The van der Waals surface area contributed by atoms with E-state index in [0.717, 1.165) is 25.1 Å². The van der Waals surface area contributed by atoms with Gasteiger partial charge in [-0.3, -0.25) is 9.30 Å². The zero-order chi connectivity index (χ0) is 27.0. The van der Waals surface area contributed by atoms with Crippen molar-refractivity contribution in [3.05, 3.63) is 54.0 Å². The van der Waals surface area contributed by atoms with Crippen LogP contribution in [0, 0.1) is 5.82 Å². The minimum atomic E-state index is -0.525. The number of benzene rings is 1. The summed E-state index contributed by atoms with van der Waals surface area (Å²) < 4.78 is 27.0. The Kier molecular flexibility index (Phi) is 6.92. The standard InChI is InChI=1S/C28H33FN6O3/c1-6-37-24-14-23-18(13-21(24)29)7-9-22(31-23)26-33-32-25-10-8-19(15-35(25)26)17(2)34-12-11-20(16-34)30-27(36)38-28(3,4)5/h7-10,13-15,17,20H,6,11-12,16H2,1-5H3,(H,30,36)/t17?,20-/m0/s1. The van der Waals surface area contributed by atoms with Gasteiger partial charge in [0.05, 0.1) is 12.1 Å². The number of nitrogens with zero attached hydrogens (tertiary/aromatic N) is 5. The van der Waals surface area contributed by atoms with Crippen LogP contribution in [0.1, 0.15) is 52.6 Å². The summed E-state index contributed by atoms with van der Waals surface area (Å²) in [7, 11) is 0. The van der Waals surface area contributed by atoms with Gasteiger partial charge in [-0.2, -0.15) is 0 Å². The van der Waals surface area contributed by atoms with Crippen molar-refractivity contribution in [3.8, 4) is 17.3 Å². The molecule has 1 amide bonds. The van der Waals surface area contributed by atoms with Gasteiger partial charge in [-0.05, 0) is 64.8 Å². The predicted molar refractivity (Wildman–Crippen MR) is 143 cm³/mol. The van der Waals surface area contributed by atoms with Crippen molar-refractivity contribution >= 4 is 22.6 Å². The van der Waals surface area contributed by atoms with E-state index in [-0.39, 0.29) is 23.9 Å². The largest absolute Gasteiger partial charge is 0.491 e. The number of hydrogen-bond acceptors (Lipinski definition) is 7. The van der Waals surface area contributed by atoms with Crippen molar-refractivity contribution < 1.29 is 18.7 Å². The topological polar surface area (TPSA) is 93.9 Å². The zero-order valence-electron chi connectivity index (χ0n) is 22.4. The minimum Gasteiger partial charge on any atom is -0.491 e. The van der Waals surface area contributed by atoms with Gasteiger partial charge in [0.15, 0.2) is 23.0 Å². The number of nitrogens with one attached hydrogen (secondary N) is 1. The number of carbonyl (C=O) groups is 1. The normalized spacial score (nSPS) is 17.2. The van der Waals surface area contributed by atoms with Crippen molar-refractivity contribution in [2.24, 2.45) is 0 Å². The number of halogens is 1. The fraction of sp³-hybridized carbons (Fsp3) is 0.429. The van der Waals surface area contributed by atoms with E-state index in [2.05, 4.69) is 33.4 Å². The van der Waals surface area contributed by atoms with Gasteiger partial charge in [-0.25, -0.2) is 14.2 Å². The molecule has 0 radical (unpaired) electrons. The van der Waals surface area contributed by atoms with Gasteiger partial charge in [-0.1, -0.05) is 12.1 Å². The molecule has 1 fully saturated rings. The highest BCUT2D eigenvalue weighted by atomic mass is 19.1. The van der Waals surface area contributed by atoms with Crippen LogP contribution in [0.3, 0.4) is 0 Å². The molecule has 0 bridgehead atoms. The second-order valence-corrected chi connectivity index (χ2v) is 10.6. The molecule has 0 saturated carbocycles. The third-order valence-corrected chi connectivity index (χ3v) is 6.67. The number of rotatable bonds is 6. The molecule has 1 unspecified atom stereocenters. The van der Waals surface area contributed by atoms with E-state index in [4.69, 9.17) is 14.5 Å². The van der Waals surface area contributed by atoms with Gasteiger partial charge in [-0.15, -0.1) is 10.2 Å². The van der Waals surface area contributed by atoms with Crippen LogP contribution in [0.4, 0.5) is 9.18 Å². The Balaban J connectivity index is 1.37. The average Bonchev–Trinajstić information content (AvgIpc) is 3.49. The Bertz CT molecular complexity index is 1480. The molecular formula is C28H33FN6O3. The first-order valence-electron chi connectivity index (χ1n) is 12.9. The smallest absolute Gasteiger partial charge is 0.407 e. The summed E-state index contributed by atoms with van der Waals surface area (Å²) in [6.45, 7) is 11.5. The molecular weight excluding hydrogens is 487 g/mol. The first-order valence-corrected chi connectivity index (χ1v) is 12.9. The van der Waals surface area contributed by atoms with Gasteiger partial charge in [0, 0.05) is 42.8 Å². The highest BCUT2D eigenvalue weighted by Crippen LogP contribution is 2.29. The summed E-state index contributed by atoms with van der Waals surface area (Å²) in [6.07, 6.45) is 2.51. The van der Waals surface area contributed by atoms with Gasteiger partial charge >= 0.3 is 6.09 Å². The number of fused-ring (bicyclic) bond motifs is 2. The molecule has 10 heteroatoms. The lowest BCUT2D eigenvalue weighted by molar-refractivity contribution is 0.0504. The molecule has 9 nitrogen and oxygen atoms in total. The Morgan fingerprint density at radius 3 is 2.79 bits per heavy atom. The molecule has 5 rings (SSSR count). The summed E-state index contributed by atoms with van der Waals surface area (Å²) >= 11 is 0. The van der Waals surface area contributed by atoms with Crippen molar-refractivity contribution in [3.63, 3.8) is 0 Å². The van der Waals surface area contributed by atoms with Crippen LogP contribution in [-0.2, 0) is 4.74 Å². The van der Waals surface area contributed by atoms with E-state index in [1.54, 1.807) is 6.07 Å². The lowest BCUT2D eigenvalue weighted by Crippen LogP contribution is -2.40. The molecule has 200 valence electrons. The van der Waals surface area contributed by atoms with Crippen molar-refractivity contribution in [1.29, 1.82) is 0 Å². The Morgan fingerprint density at radius 2 is 2.03 bits per heavy atom. The van der Waals surface area contributed by atoms with E-state index in [9.17, 15) is 9.18 Å². The fourth-order valence-corrected chi connectivity index (χ4v) is 4.79. The lowest BCUT2D eigenvalue weighted by atomic mass is 10.1. The average molecular weight is 521 g/mol. The molecule has 4 aromatic rings. The first kappa shape index (κ1) is 25.8. The monoisotopic (exact) mass is 520 g/mol. The van der Waals surface area contributed by atoms with Crippen LogP contribution in [-0.4, -0.2) is 61.9 Å². The van der Waals surface area contributed by atoms with E-state index in [1.165, 1.54) is 6.07 Å². The maximum atomic E-state index is 14.3. The molecule has 1 aromatic carbocycles. The number of carbonyl (C=O) groups excluding carboxylic acids is 1. The predicted octanol–water partition coefficient (Wildman–Crippen LogP) is 5.14. The SMILES string of the molecule is CCOc1cc2nc(-c3nnc4ccc(C(C)N5CC[C@H](NC(=O)OC(C)(C)C)C5)cn34)ccc2cc1F. The van der Waals surface area contributed by atoms with E-state index < -0.39 is 11.4 Å². The number of alkyl carbamates (subject to hydrolysis) is 1. The molecule has 4 heterocycles. The highest BCUT2D eigenvalue weighted by molar-refractivity contribution is 5.82. The molecule has 0 spiro atoms. The summed E-state index contributed by atoms with van der Waals surface area (Å²) in [5.41, 5.74) is 2.53. The number of aromatic nitrogens is 4. The van der Waals surface area contributed by atoms with Crippen LogP contribution in [0.5, 0.6) is 5.75 Å².